The average molecular weight is 215 g/mol. The molecule has 1 rings (SSSR count). The van der Waals surface area contributed by atoms with Crippen molar-refractivity contribution in [2.75, 3.05) is 6.26 Å². The maximum atomic E-state index is 6.18. The Morgan fingerprint density at radius 1 is 1.23 bits per heavy atom. The first-order valence-corrected chi connectivity index (χ1v) is 5.89. The fourth-order valence-electron chi connectivity index (χ4n) is 1.23. The van der Waals surface area contributed by atoms with E-state index in [1.807, 2.05) is 6.07 Å². The molecule has 2 heteroatoms. The summed E-state index contributed by atoms with van der Waals surface area (Å²) in [5, 5.41) is 0.874. The van der Waals surface area contributed by atoms with Gasteiger partial charge in [0, 0.05) is 9.92 Å². The van der Waals surface area contributed by atoms with Crippen LogP contribution >= 0.6 is 23.4 Å². The van der Waals surface area contributed by atoms with Gasteiger partial charge in [-0.05, 0) is 29.4 Å². The van der Waals surface area contributed by atoms with E-state index in [1.165, 1.54) is 10.5 Å². The van der Waals surface area contributed by atoms with Gasteiger partial charge in [0.05, 0.1) is 0 Å². The second kappa shape index (κ2) is 3.93. The number of rotatable bonds is 1. The van der Waals surface area contributed by atoms with Crippen LogP contribution in [0.4, 0.5) is 0 Å². The molecular weight excluding hydrogens is 200 g/mol. The zero-order valence-electron chi connectivity index (χ0n) is 8.52. The molecule has 0 fully saturated rings. The Hall–Kier alpha value is -0.140. The molecule has 0 bridgehead atoms. The van der Waals surface area contributed by atoms with Gasteiger partial charge in [-0.1, -0.05) is 38.4 Å². The lowest BCUT2D eigenvalue weighted by Crippen LogP contribution is -2.11. The largest absolute Gasteiger partial charge is 0.130 e. The molecule has 0 saturated heterocycles. The Labute approximate surface area is 89.7 Å². The summed E-state index contributed by atoms with van der Waals surface area (Å²) in [4.78, 5) is 1.22. The lowest BCUT2D eigenvalue weighted by atomic mass is 9.87. The Balaban J connectivity index is 3.13. The third-order valence-electron chi connectivity index (χ3n) is 1.98. The summed E-state index contributed by atoms with van der Waals surface area (Å²) in [7, 11) is 0. The van der Waals surface area contributed by atoms with Gasteiger partial charge in [0.25, 0.3) is 0 Å². The predicted octanol–water partition coefficient (Wildman–Crippen LogP) is 4.36. The monoisotopic (exact) mass is 214 g/mol. The van der Waals surface area contributed by atoms with E-state index in [0.29, 0.717) is 0 Å². The first kappa shape index (κ1) is 10.9. The topological polar surface area (TPSA) is 0 Å². The number of hydrogen-bond donors (Lipinski definition) is 0. The van der Waals surface area contributed by atoms with Gasteiger partial charge in [0.2, 0.25) is 0 Å². The molecular formula is C11H15ClS. The van der Waals surface area contributed by atoms with Crippen molar-refractivity contribution in [3.05, 3.63) is 28.8 Å². The van der Waals surface area contributed by atoms with E-state index < -0.39 is 0 Å². The molecule has 0 atom stereocenters. The van der Waals surface area contributed by atoms with E-state index in [4.69, 9.17) is 11.6 Å². The van der Waals surface area contributed by atoms with Crippen LogP contribution in [0.5, 0.6) is 0 Å². The summed E-state index contributed by atoms with van der Waals surface area (Å²) in [6, 6.07) is 6.28. The zero-order chi connectivity index (χ0) is 10.1. The second-order valence-electron chi connectivity index (χ2n) is 4.10. The number of thioether (sulfide) groups is 1. The first-order valence-electron chi connectivity index (χ1n) is 4.29. The second-order valence-corrected chi connectivity index (χ2v) is 5.38. The molecule has 0 aromatic heterocycles. The van der Waals surface area contributed by atoms with Gasteiger partial charge in [-0.15, -0.1) is 11.8 Å². The minimum atomic E-state index is 0.133. The van der Waals surface area contributed by atoms with Crippen molar-refractivity contribution in [3.63, 3.8) is 0 Å². The summed E-state index contributed by atoms with van der Waals surface area (Å²) in [6.07, 6.45) is 2.06. The lowest BCUT2D eigenvalue weighted by Gasteiger charge is -2.20. The zero-order valence-corrected chi connectivity index (χ0v) is 10.1. The van der Waals surface area contributed by atoms with Crippen molar-refractivity contribution < 1.29 is 0 Å². The van der Waals surface area contributed by atoms with E-state index in [-0.39, 0.29) is 5.41 Å². The fraction of sp³-hybridized carbons (Fsp3) is 0.455. The van der Waals surface area contributed by atoms with E-state index in [9.17, 15) is 0 Å². The maximum absolute atomic E-state index is 6.18. The van der Waals surface area contributed by atoms with Crippen LogP contribution in [0.2, 0.25) is 5.02 Å². The molecule has 13 heavy (non-hydrogen) atoms. The van der Waals surface area contributed by atoms with E-state index in [0.717, 1.165) is 5.02 Å². The summed E-state index contributed by atoms with van der Waals surface area (Å²) >= 11 is 7.90. The van der Waals surface area contributed by atoms with Crippen molar-refractivity contribution in [2.45, 2.75) is 31.1 Å². The number of benzene rings is 1. The van der Waals surface area contributed by atoms with Crippen molar-refractivity contribution in [2.24, 2.45) is 0 Å². The van der Waals surface area contributed by atoms with Crippen LogP contribution in [0.25, 0.3) is 0 Å². The normalized spacial score (nSPS) is 11.8. The average Bonchev–Trinajstić information content (AvgIpc) is 2.01. The molecule has 0 aliphatic carbocycles. The van der Waals surface area contributed by atoms with Crippen LogP contribution in [0.3, 0.4) is 0 Å². The Morgan fingerprint density at radius 3 is 2.23 bits per heavy atom. The van der Waals surface area contributed by atoms with Crippen LogP contribution in [0.15, 0.2) is 23.1 Å². The predicted molar refractivity (Wildman–Crippen MR) is 61.9 cm³/mol. The van der Waals surface area contributed by atoms with Gasteiger partial charge >= 0.3 is 0 Å². The smallest absolute Gasteiger partial charge is 0.0454 e. The van der Waals surface area contributed by atoms with E-state index >= 15 is 0 Å². The minimum absolute atomic E-state index is 0.133. The highest BCUT2D eigenvalue weighted by atomic mass is 35.5. The van der Waals surface area contributed by atoms with Gasteiger partial charge in [0.1, 0.15) is 0 Å². The standard InChI is InChI=1S/C11H15ClS/c1-11(2,3)9-6-5-8(13-4)7-10(9)12/h5-7H,1-4H3. The quantitative estimate of drug-likeness (QED) is 0.626. The summed E-state index contributed by atoms with van der Waals surface area (Å²) in [6.45, 7) is 6.52. The van der Waals surface area contributed by atoms with E-state index in [2.05, 4.69) is 39.2 Å². The number of halogens is 1. The molecule has 72 valence electrons. The Morgan fingerprint density at radius 2 is 1.85 bits per heavy atom. The van der Waals surface area contributed by atoms with Crippen LogP contribution in [0.1, 0.15) is 26.3 Å². The Bertz CT molecular complexity index is 299. The highest BCUT2D eigenvalue weighted by Crippen LogP contribution is 2.31. The van der Waals surface area contributed by atoms with Crippen molar-refractivity contribution in [3.8, 4) is 0 Å². The summed E-state index contributed by atoms with van der Waals surface area (Å²) < 4.78 is 0. The van der Waals surface area contributed by atoms with Gasteiger partial charge < -0.3 is 0 Å². The first-order chi connectivity index (χ1) is 5.95. The molecule has 0 amide bonds. The molecule has 0 nitrogen and oxygen atoms in total. The Kier molecular flexibility index (Phi) is 3.31. The fourth-order valence-corrected chi connectivity index (χ4v) is 2.20. The van der Waals surface area contributed by atoms with Crippen LogP contribution < -0.4 is 0 Å². The maximum Gasteiger partial charge on any atom is 0.0454 e. The van der Waals surface area contributed by atoms with Gasteiger partial charge in [0.15, 0.2) is 0 Å². The van der Waals surface area contributed by atoms with E-state index in [1.54, 1.807) is 11.8 Å². The highest BCUT2D eigenvalue weighted by molar-refractivity contribution is 7.98. The molecule has 0 saturated carbocycles. The number of hydrogen-bond acceptors (Lipinski definition) is 1. The van der Waals surface area contributed by atoms with Gasteiger partial charge in [-0.25, -0.2) is 0 Å². The van der Waals surface area contributed by atoms with Crippen molar-refractivity contribution >= 4 is 23.4 Å². The minimum Gasteiger partial charge on any atom is -0.130 e. The molecule has 0 spiro atoms. The SMILES string of the molecule is CSc1ccc(C(C)(C)C)c(Cl)c1. The van der Waals surface area contributed by atoms with Gasteiger partial charge in [-0.2, -0.15) is 0 Å². The van der Waals surface area contributed by atoms with Gasteiger partial charge in [-0.3, -0.25) is 0 Å². The van der Waals surface area contributed by atoms with Crippen LogP contribution in [-0.4, -0.2) is 6.26 Å². The van der Waals surface area contributed by atoms with Crippen LogP contribution in [-0.2, 0) is 5.41 Å². The molecule has 1 aromatic rings. The molecule has 0 N–H and O–H groups in total. The molecule has 1 aromatic carbocycles. The summed E-state index contributed by atoms with van der Waals surface area (Å²) in [5.74, 6) is 0. The molecule has 0 heterocycles. The summed E-state index contributed by atoms with van der Waals surface area (Å²) in [5.41, 5.74) is 1.35. The third kappa shape index (κ3) is 2.65. The lowest BCUT2D eigenvalue weighted by molar-refractivity contribution is 0.590. The highest BCUT2D eigenvalue weighted by Gasteiger charge is 2.16. The van der Waals surface area contributed by atoms with Crippen molar-refractivity contribution in [1.29, 1.82) is 0 Å². The third-order valence-corrected chi connectivity index (χ3v) is 3.02. The molecule has 0 aliphatic heterocycles. The molecule has 0 aliphatic rings. The van der Waals surface area contributed by atoms with Crippen LogP contribution in [0, 0.1) is 0 Å². The molecule has 0 unspecified atom stereocenters. The molecule has 0 radical (unpaired) electrons. The van der Waals surface area contributed by atoms with Crippen molar-refractivity contribution in [1.82, 2.24) is 0 Å².